The van der Waals surface area contributed by atoms with Gasteiger partial charge in [-0.05, 0) is 42.5 Å². The van der Waals surface area contributed by atoms with E-state index < -0.39 is 0 Å². The number of nitrogens with one attached hydrogen (secondary N) is 1. The lowest BCUT2D eigenvalue weighted by Gasteiger charge is -2.15. The molecular weight excluding hydrogens is 286 g/mol. The van der Waals surface area contributed by atoms with Crippen LogP contribution in [0.3, 0.4) is 0 Å². The fraction of sp³-hybridized carbons (Fsp3) is 0.350. The molecule has 122 valence electrons. The lowest BCUT2D eigenvalue weighted by Crippen LogP contribution is -2.31. The summed E-state index contributed by atoms with van der Waals surface area (Å²) in [7, 11) is 0. The van der Waals surface area contributed by atoms with E-state index >= 15 is 0 Å². The van der Waals surface area contributed by atoms with Crippen LogP contribution in [0.25, 0.3) is 0 Å². The molecule has 0 aliphatic heterocycles. The lowest BCUT2D eigenvalue weighted by atomic mass is 9.99. The van der Waals surface area contributed by atoms with Crippen molar-refractivity contribution in [2.24, 2.45) is 0 Å². The highest BCUT2D eigenvalue weighted by atomic mass is 16.5. The fourth-order valence-electron chi connectivity index (χ4n) is 2.39. The third-order valence-electron chi connectivity index (χ3n) is 4.11. The predicted octanol–water partition coefficient (Wildman–Crippen LogP) is 4.46. The second-order valence-corrected chi connectivity index (χ2v) is 5.87. The molecule has 0 saturated heterocycles. The van der Waals surface area contributed by atoms with Crippen LogP contribution in [0.1, 0.15) is 50.3 Å². The second-order valence-electron chi connectivity index (χ2n) is 5.87. The van der Waals surface area contributed by atoms with Gasteiger partial charge in [0.15, 0.2) is 6.61 Å². The molecule has 3 nitrogen and oxygen atoms in total. The van der Waals surface area contributed by atoms with Crippen molar-refractivity contribution in [2.45, 2.75) is 39.2 Å². The molecule has 1 amide bonds. The standard InChI is InChI=1S/C20H25NO2/c1-4-15(2)17-10-12-19(13-11-17)23-14-20(22)21-16(3)18-8-6-5-7-9-18/h5-13,15-16H,4,14H2,1-3H3,(H,21,22)/t15-,16-/m0/s1. The number of amides is 1. The highest BCUT2D eigenvalue weighted by Crippen LogP contribution is 2.21. The van der Waals surface area contributed by atoms with Gasteiger partial charge in [0.2, 0.25) is 0 Å². The molecule has 23 heavy (non-hydrogen) atoms. The summed E-state index contributed by atoms with van der Waals surface area (Å²) in [5.74, 6) is 1.14. The topological polar surface area (TPSA) is 38.3 Å². The van der Waals surface area contributed by atoms with Crippen LogP contribution in [-0.2, 0) is 4.79 Å². The van der Waals surface area contributed by atoms with Gasteiger partial charge in [0.05, 0.1) is 6.04 Å². The van der Waals surface area contributed by atoms with Crippen molar-refractivity contribution in [3.63, 3.8) is 0 Å². The van der Waals surface area contributed by atoms with Gasteiger partial charge in [-0.25, -0.2) is 0 Å². The van der Waals surface area contributed by atoms with Gasteiger partial charge in [-0.15, -0.1) is 0 Å². The number of hydrogen-bond donors (Lipinski definition) is 1. The Labute approximate surface area is 138 Å². The normalized spacial score (nSPS) is 13.2. The molecule has 1 N–H and O–H groups in total. The number of benzene rings is 2. The monoisotopic (exact) mass is 311 g/mol. The van der Waals surface area contributed by atoms with E-state index in [0.717, 1.165) is 17.7 Å². The Bertz CT molecular complexity index is 607. The molecule has 2 rings (SSSR count). The van der Waals surface area contributed by atoms with Crippen molar-refractivity contribution in [2.75, 3.05) is 6.61 Å². The zero-order chi connectivity index (χ0) is 16.7. The quantitative estimate of drug-likeness (QED) is 0.820. The molecule has 2 aromatic carbocycles. The summed E-state index contributed by atoms with van der Waals surface area (Å²) in [5, 5.41) is 2.94. The van der Waals surface area contributed by atoms with E-state index in [1.165, 1.54) is 5.56 Å². The summed E-state index contributed by atoms with van der Waals surface area (Å²) in [5.41, 5.74) is 2.38. The highest BCUT2D eigenvalue weighted by molar-refractivity contribution is 5.78. The van der Waals surface area contributed by atoms with Crippen LogP contribution in [0, 0.1) is 0 Å². The van der Waals surface area contributed by atoms with E-state index in [2.05, 4.69) is 31.3 Å². The van der Waals surface area contributed by atoms with Gasteiger partial charge in [0.1, 0.15) is 5.75 Å². The van der Waals surface area contributed by atoms with Crippen LogP contribution in [0.4, 0.5) is 0 Å². The maximum atomic E-state index is 12.0. The zero-order valence-corrected chi connectivity index (χ0v) is 14.1. The van der Waals surface area contributed by atoms with Crippen molar-refractivity contribution in [1.29, 1.82) is 0 Å². The minimum atomic E-state index is -0.118. The summed E-state index contributed by atoms with van der Waals surface area (Å²) in [4.78, 5) is 12.0. The van der Waals surface area contributed by atoms with E-state index in [4.69, 9.17) is 4.74 Å². The Balaban J connectivity index is 1.82. The van der Waals surface area contributed by atoms with Crippen molar-refractivity contribution < 1.29 is 9.53 Å². The van der Waals surface area contributed by atoms with Crippen molar-refractivity contribution in [1.82, 2.24) is 5.32 Å². The maximum absolute atomic E-state index is 12.0. The summed E-state index contributed by atoms with van der Waals surface area (Å²) in [6, 6.07) is 17.8. The third-order valence-corrected chi connectivity index (χ3v) is 4.11. The first-order valence-electron chi connectivity index (χ1n) is 8.17. The van der Waals surface area contributed by atoms with Crippen molar-refractivity contribution in [3.05, 3.63) is 65.7 Å². The molecule has 0 aromatic heterocycles. The van der Waals surface area contributed by atoms with Gasteiger partial charge in [-0.1, -0.05) is 56.3 Å². The highest BCUT2D eigenvalue weighted by Gasteiger charge is 2.10. The minimum Gasteiger partial charge on any atom is -0.484 e. The molecule has 0 saturated carbocycles. The summed E-state index contributed by atoms with van der Waals surface area (Å²) >= 11 is 0. The fourth-order valence-corrected chi connectivity index (χ4v) is 2.39. The van der Waals surface area contributed by atoms with Crippen LogP contribution < -0.4 is 10.1 Å². The first-order chi connectivity index (χ1) is 11.1. The SMILES string of the molecule is CC[C@H](C)c1ccc(OCC(=O)N[C@@H](C)c2ccccc2)cc1. The molecule has 2 aromatic rings. The van der Waals surface area contributed by atoms with Gasteiger partial charge in [-0.2, -0.15) is 0 Å². The van der Waals surface area contributed by atoms with E-state index in [0.29, 0.717) is 5.92 Å². The first kappa shape index (κ1) is 17.1. The Hall–Kier alpha value is -2.29. The van der Waals surface area contributed by atoms with Gasteiger partial charge in [0.25, 0.3) is 5.91 Å². The number of hydrogen-bond acceptors (Lipinski definition) is 2. The summed E-state index contributed by atoms with van der Waals surface area (Å²) in [6.07, 6.45) is 1.11. The molecule has 0 heterocycles. The summed E-state index contributed by atoms with van der Waals surface area (Å²) < 4.78 is 5.56. The van der Waals surface area contributed by atoms with Crippen LogP contribution in [0.15, 0.2) is 54.6 Å². The predicted molar refractivity (Wildman–Crippen MR) is 93.6 cm³/mol. The smallest absolute Gasteiger partial charge is 0.258 e. The average Bonchev–Trinajstić information content (AvgIpc) is 2.60. The van der Waals surface area contributed by atoms with Gasteiger partial charge in [0, 0.05) is 0 Å². The molecule has 0 bridgehead atoms. The molecule has 0 aliphatic carbocycles. The Morgan fingerprint density at radius 3 is 2.26 bits per heavy atom. The van der Waals surface area contributed by atoms with Crippen LogP contribution in [-0.4, -0.2) is 12.5 Å². The van der Waals surface area contributed by atoms with E-state index in [-0.39, 0.29) is 18.6 Å². The van der Waals surface area contributed by atoms with Crippen molar-refractivity contribution in [3.8, 4) is 5.75 Å². The molecular formula is C20H25NO2. The molecule has 2 atom stereocenters. The van der Waals surface area contributed by atoms with Gasteiger partial charge < -0.3 is 10.1 Å². The molecule has 0 unspecified atom stereocenters. The van der Waals surface area contributed by atoms with Crippen LogP contribution in [0.2, 0.25) is 0 Å². The van der Waals surface area contributed by atoms with E-state index in [9.17, 15) is 4.79 Å². The first-order valence-corrected chi connectivity index (χ1v) is 8.17. The van der Waals surface area contributed by atoms with Crippen LogP contribution >= 0.6 is 0 Å². The molecule has 0 radical (unpaired) electrons. The van der Waals surface area contributed by atoms with Gasteiger partial charge >= 0.3 is 0 Å². The molecule has 0 fully saturated rings. The lowest BCUT2D eigenvalue weighted by molar-refractivity contribution is -0.123. The average molecular weight is 311 g/mol. The molecule has 0 spiro atoms. The largest absolute Gasteiger partial charge is 0.484 e. The molecule has 3 heteroatoms. The third kappa shape index (κ3) is 5.13. The number of carbonyl (C=O) groups is 1. The zero-order valence-electron chi connectivity index (χ0n) is 14.1. The second kappa shape index (κ2) is 8.37. The number of rotatable bonds is 7. The van der Waals surface area contributed by atoms with E-state index in [1.807, 2.05) is 49.4 Å². The Morgan fingerprint density at radius 2 is 1.65 bits per heavy atom. The van der Waals surface area contributed by atoms with Crippen LogP contribution in [0.5, 0.6) is 5.75 Å². The Morgan fingerprint density at radius 1 is 1.00 bits per heavy atom. The van der Waals surface area contributed by atoms with E-state index in [1.54, 1.807) is 0 Å². The van der Waals surface area contributed by atoms with Gasteiger partial charge in [-0.3, -0.25) is 4.79 Å². The number of ether oxygens (including phenoxy) is 1. The summed E-state index contributed by atoms with van der Waals surface area (Å²) in [6.45, 7) is 6.37. The number of carbonyl (C=O) groups excluding carboxylic acids is 1. The maximum Gasteiger partial charge on any atom is 0.258 e. The Kier molecular flexibility index (Phi) is 6.21. The molecule has 0 aliphatic rings. The minimum absolute atomic E-state index is 0.0276. The van der Waals surface area contributed by atoms with Crippen molar-refractivity contribution >= 4 is 5.91 Å².